The number of anilines is 1. The van der Waals surface area contributed by atoms with Gasteiger partial charge >= 0.3 is 5.97 Å². The van der Waals surface area contributed by atoms with Crippen molar-refractivity contribution in [2.75, 3.05) is 5.32 Å². The van der Waals surface area contributed by atoms with Crippen molar-refractivity contribution < 1.29 is 19.1 Å². The van der Waals surface area contributed by atoms with E-state index in [0.29, 0.717) is 0 Å². The van der Waals surface area contributed by atoms with Crippen LogP contribution in [0, 0.1) is 0 Å². The highest BCUT2D eigenvalue weighted by Crippen LogP contribution is 2.36. The van der Waals surface area contributed by atoms with Crippen LogP contribution in [-0.2, 0) is 19.1 Å². The van der Waals surface area contributed by atoms with Gasteiger partial charge in [0.05, 0.1) is 17.4 Å². The molecule has 2 amide bonds. The van der Waals surface area contributed by atoms with E-state index in [1.165, 1.54) is 18.7 Å². The molecule has 1 heterocycles. The summed E-state index contributed by atoms with van der Waals surface area (Å²) in [7, 11) is 0. The molecular formula is C13H14N2O4S. The number of nitrogens with one attached hydrogen (secondary N) is 1. The zero-order chi connectivity index (χ0) is 14.7. The Morgan fingerprint density at radius 2 is 2.15 bits per heavy atom. The van der Waals surface area contributed by atoms with Crippen LogP contribution in [0.1, 0.15) is 13.3 Å². The summed E-state index contributed by atoms with van der Waals surface area (Å²) >= 11 is 1.30. The molecule has 2 atom stereocenters. The number of thioether (sulfide) groups is 1. The molecule has 0 aromatic heterocycles. The van der Waals surface area contributed by atoms with Gasteiger partial charge in [-0.3, -0.25) is 14.4 Å². The molecule has 20 heavy (non-hydrogen) atoms. The topological polar surface area (TPSA) is 98.5 Å². The van der Waals surface area contributed by atoms with Crippen molar-refractivity contribution >= 4 is 35.2 Å². The molecule has 0 bridgehead atoms. The third kappa shape index (κ3) is 3.30. The van der Waals surface area contributed by atoms with E-state index in [-0.39, 0.29) is 12.3 Å². The number of ether oxygens (including phenoxy) is 1. The fraction of sp³-hybridized carbons (Fsp3) is 0.308. The van der Waals surface area contributed by atoms with Crippen LogP contribution < -0.4 is 11.1 Å². The number of hydrogen-bond acceptors (Lipinski definition) is 5. The predicted molar refractivity (Wildman–Crippen MR) is 74.1 cm³/mol. The van der Waals surface area contributed by atoms with Gasteiger partial charge in [0.1, 0.15) is 0 Å². The van der Waals surface area contributed by atoms with Crippen molar-refractivity contribution in [1.29, 1.82) is 0 Å². The maximum absolute atomic E-state index is 11.9. The van der Waals surface area contributed by atoms with Crippen LogP contribution in [0.2, 0.25) is 0 Å². The number of amides is 2. The molecule has 0 fully saturated rings. The van der Waals surface area contributed by atoms with Gasteiger partial charge in [0, 0.05) is 4.90 Å². The highest BCUT2D eigenvalue weighted by Gasteiger charge is 2.30. The van der Waals surface area contributed by atoms with Gasteiger partial charge in [-0.25, -0.2) is 0 Å². The summed E-state index contributed by atoms with van der Waals surface area (Å²) in [6, 6.07) is 7.34. The number of benzene rings is 1. The Balaban J connectivity index is 1.99. The lowest BCUT2D eigenvalue weighted by Crippen LogP contribution is -2.34. The standard InChI is InChI=1S/C13H14N2O4S/c1-7(12(14)17)19-11(16)6-10-13(18)15-8-4-2-3-5-9(8)20-10/h2-5,7,10H,6H2,1H3,(H2,14,17)(H,15,18)/t7-,10-/m0/s1. The van der Waals surface area contributed by atoms with Crippen LogP contribution in [0.5, 0.6) is 0 Å². The number of rotatable bonds is 4. The fourth-order valence-corrected chi connectivity index (χ4v) is 2.78. The molecular weight excluding hydrogens is 280 g/mol. The van der Waals surface area contributed by atoms with Crippen LogP contribution >= 0.6 is 11.8 Å². The van der Waals surface area contributed by atoms with Crippen molar-refractivity contribution in [2.45, 2.75) is 29.6 Å². The molecule has 1 aromatic rings. The number of carbonyl (C=O) groups excluding carboxylic acids is 3. The SMILES string of the molecule is C[C@H](OC(=O)C[C@@H]1Sc2ccccc2NC1=O)C(N)=O. The Morgan fingerprint density at radius 1 is 1.45 bits per heavy atom. The Kier molecular flexibility index (Phi) is 4.29. The molecule has 0 aliphatic carbocycles. The van der Waals surface area contributed by atoms with E-state index < -0.39 is 23.2 Å². The first-order valence-electron chi connectivity index (χ1n) is 6.02. The normalized spacial score (nSPS) is 18.6. The number of primary amides is 1. The average Bonchev–Trinajstić information content (AvgIpc) is 2.39. The van der Waals surface area contributed by atoms with E-state index >= 15 is 0 Å². The van der Waals surface area contributed by atoms with Gasteiger partial charge in [0.2, 0.25) is 5.91 Å². The molecule has 1 aromatic carbocycles. The minimum Gasteiger partial charge on any atom is -0.453 e. The van der Waals surface area contributed by atoms with Gasteiger partial charge in [-0.05, 0) is 19.1 Å². The fourth-order valence-electron chi connectivity index (χ4n) is 1.68. The van der Waals surface area contributed by atoms with Crippen LogP contribution in [-0.4, -0.2) is 29.1 Å². The largest absolute Gasteiger partial charge is 0.453 e. The van der Waals surface area contributed by atoms with E-state index in [4.69, 9.17) is 10.5 Å². The minimum atomic E-state index is -0.994. The second-order valence-electron chi connectivity index (χ2n) is 4.33. The van der Waals surface area contributed by atoms with E-state index in [1.54, 1.807) is 6.07 Å². The maximum atomic E-state index is 11.9. The first kappa shape index (κ1) is 14.4. The summed E-state index contributed by atoms with van der Waals surface area (Å²) in [6.07, 6.45) is -1.10. The van der Waals surface area contributed by atoms with Gasteiger partial charge in [0.15, 0.2) is 6.10 Å². The Bertz CT molecular complexity index is 561. The van der Waals surface area contributed by atoms with Gasteiger partial charge in [-0.15, -0.1) is 11.8 Å². The first-order valence-corrected chi connectivity index (χ1v) is 6.90. The number of esters is 1. The van der Waals surface area contributed by atoms with Gasteiger partial charge in [-0.1, -0.05) is 12.1 Å². The van der Waals surface area contributed by atoms with E-state index in [0.717, 1.165) is 10.6 Å². The van der Waals surface area contributed by atoms with Crippen LogP contribution in [0.3, 0.4) is 0 Å². The van der Waals surface area contributed by atoms with Crippen molar-refractivity contribution in [2.24, 2.45) is 5.73 Å². The molecule has 1 aliphatic heterocycles. The molecule has 1 aliphatic rings. The third-order valence-corrected chi connectivity index (χ3v) is 4.04. The average molecular weight is 294 g/mol. The molecule has 3 N–H and O–H groups in total. The van der Waals surface area contributed by atoms with Gasteiger partial charge in [-0.2, -0.15) is 0 Å². The zero-order valence-electron chi connectivity index (χ0n) is 10.8. The first-order chi connectivity index (χ1) is 9.47. The summed E-state index contributed by atoms with van der Waals surface area (Å²) in [6.45, 7) is 1.39. The molecule has 6 nitrogen and oxygen atoms in total. The van der Waals surface area contributed by atoms with E-state index in [2.05, 4.69) is 5.32 Å². The zero-order valence-corrected chi connectivity index (χ0v) is 11.6. The second kappa shape index (κ2) is 5.96. The Morgan fingerprint density at radius 3 is 2.85 bits per heavy atom. The van der Waals surface area contributed by atoms with Gasteiger partial charge in [0.25, 0.3) is 5.91 Å². The van der Waals surface area contributed by atoms with Crippen molar-refractivity contribution in [3.05, 3.63) is 24.3 Å². The third-order valence-electron chi connectivity index (χ3n) is 2.77. The molecule has 0 spiro atoms. The number of fused-ring (bicyclic) bond motifs is 1. The maximum Gasteiger partial charge on any atom is 0.308 e. The molecule has 0 unspecified atom stereocenters. The summed E-state index contributed by atoms with van der Waals surface area (Å²) in [4.78, 5) is 35.3. The van der Waals surface area contributed by atoms with Crippen LogP contribution in [0.25, 0.3) is 0 Å². The smallest absolute Gasteiger partial charge is 0.308 e. The van der Waals surface area contributed by atoms with E-state index in [9.17, 15) is 14.4 Å². The number of para-hydroxylation sites is 1. The summed E-state index contributed by atoms with van der Waals surface area (Å²) in [5.74, 6) is -1.59. The minimum absolute atomic E-state index is 0.109. The Hall–Kier alpha value is -2.02. The van der Waals surface area contributed by atoms with Crippen molar-refractivity contribution in [1.82, 2.24) is 0 Å². The van der Waals surface area contributed by atoms with E-state index in [1.807, 2.05) is 18.2 Å². The van der Waals surface area contributed by atoms with Gasteiger partial charge < -0.3 is 15.8 Å². The molecule has 0 saturated carbocycles. The second-order valence-corrected chi connectivity index (χ2v) is 5.58. The van der Waals surface area contributed by atoms with Crippen LogP contribution in [0.15, 0.2) is 29.2 Å². The molecule has 0 saturated heterocycles. The predicted octanol–water partition coefficient (Wildman–Crippen LogP) is 0.907. The summed E-state index contributed by atoms with van der Waals surface area (Å²) in [5.41, 5.74) is 5.74. The molecule has 106 valence electrons. The lowest BCUT2D eigenvalue weighted by atomic mass is 10.2. The summed E-state index contributed by atoms with van der Waals surface area (Å²) in [5, 5.41) is 2.16. The monoisotopic (exact) mass is 294 g/mol. The summed E-state index contributed by atoms with van der Waals surface area (Å²) < 4.78 is 4.84. The number of nitrogens with two attached hydrogens (primary N) is 1. The molecule has 7 heteroatoms. The molecule has 0 radical (unpaired) electrons. The Labute approximate surface area is 120 Å². The lowest BCUT2D eigenvalue weighted by Gasteiger charge is -2.23. The van der Waals surface area contributed by atoms with Crippen molar-refractivity contribution in [3.8, 4) is 0 Å². The highest BCUT2D eigenvalue weighted by atomic mass is 32.2. The van der Waals surface area contributed by atoms with Crippen molar-refractivity contribution in [3.63, 3.8) is 0 Å². The number of carbonyl (C=O) groups is 3. The molecule has 2 rings (SSSR count). The highest BCUT2D eigenvalue weighted by molar-refractivity contribution is 8.01. The number of hydrogen-bond donors (Lipinski definition) is 2. The lowest BCUT2D eigenvalue weighted by molar-refractivity contribution is -0.154. The quantitative estimate of drug-likeness (QED) is 0.804. The van der Waals surface area contributed by atoms with Crippen LogP contribution in [0.4, 0.5) is 5.69 Å².